The molecule has 5 rings (SSSR count). The van der Waals surface area contributed by atoms with Gasteiger partial charge in [-0.2, -0.15) is 9.61 Å². The number of likely N-dealkylation sites (tertiary alicyclic amines) is 1. The van der Waals surface area contributed by atoms with Crippen LogP contribution in [0.5, 0.6) is 0 Å². The van der Waals surface area contributed by atoms with Crippen LogP contribution in [0.15, 0.2) is 60.9 Å². The van der Waals surface area contributed by atoms with E-state index in [1.165, 1.54) is 28.5 Å². The first kappa shape index (κ1) is 22.5. The van der Waals surface area contributed by atoms with Crippen molar-refractivity contribution in [1.29, 1.82) is 0 Å². The molecule has 2 aromatic heterocycles. The second-order valence-electron chi connectivity index (χ2n) is 8.63. The highest BCUT2D eigenvalue weighted by atomic mass is 19.1. The molecule has 1 saturated heterocycles. The number of halogens is 1. The fourth-order valence-electron chi connectivity index (χ4n) is 4.54. The molecule has 1 fully saturated rings. The number of anilines is 2. The molecule has 35 heavy (non-hydrogen) atoms. The summed E-state index contributed by atoms with van der Waals surface area (Å²) >= 11 is 0. The lowest BCUT2D eigenvalue weighted by atomic mass is 9.89. The van der Waals surface area contributed by atoms with Crippen molar-refractivity contribution < 1.29 is 19.1 Å². The van der Waals surface area contributed by atoms with Crippen LogP contribution in [0, 0.1) is 12.7 Å². The Morgan fingerprint density at radius 3 is 2.49 bits per heavy atom. The molecule has 2 aromatic carbocycles. The van der Waals surface area contributed by atoms with Gasteiger partial charge in [-0.25, -0.2) is 14.2 Å². The summed E-state index contributed by atoms with van der Waals surface area (Å²) in [7, 11) is 0. The number of rotatable bonds is 5. The predicted octanol–water partition coefficient (Wildman–Crippen LogP) is 4.64. The molecule has 1 aliphatic rings. The van der Waals surface area contributed by atoms with E-state index in [0.717, 1.165) is 12.8 Å². The first-order valence-corrected chi connectivity index (χ1v) is 11.4. The molecule has 4 aromatic rings. The molecule has 0 bridgehead atoms. The van der Waals surface area contributed by atoms with Gasteiger partial charge >= 0.3 is 5.97 Å². The number of amides is 1. The minimum Gasteiger partial charge on any atom is -0.477 e. The summed E-state index contributed by atoms with van der Waals surface area (Å²) in [5.41, 5.74) is 2.32. The van der Waals surface area contributed by atoms with Crippen molar-refractivity contribution in [3.63, 3.8) is 0 Å². The van der Waals surface area contributed by atoms with Gasteiger partial charge in [0, 0.05) is 30.5 Å². The summed E-state index contributed by atoms with van der Waals surface area (Å²) in [6, 6.07) is 14.9. The first-order chi connectivity index (χ1) is 16.9. The van der Waals surface area contributed by atoms with E-state index >= 15 is 0 Å². The van der Waals surface area contributed by atoms with Gasteiger partial charge < -0.3 is 15.3 Å². The van der Waals surface area contributed by atoms with Crippen molar-refractivity contribution in [2.24, 2.45) is 0 Å². The monoisotopic (exact) mass is 473 g/mol. The summed E-state index contributed by atoms with van der Waals surface area (Å²) in [6.45, 7) is 2.78. The van der Waals surface area contributed by atoms with Crippen molar-refractivity contribution in [2.45, 2.75) is 25.7 Å². The summed E-state index contributed by atoms with van der Waals surface area (Å²) in [4.78, 5) is 31.2. The van der Waals surface area contributed by atoms with E-state index in [2.05, 4.69) is 27.5 Å². The van der Waals surface area contributed by atoms with Gasteiger partial charge in [-0.1, -0.05) is 36.4 Å². The Balaban J connectivity index is 1.49. The first-order valence-electron chi connectivity index (χ1n) is 11.4. The standard InChI is InChI=1S/C26H24FN5O3/c1-16-21(27)8-5-9-22(16)30-24-19(14-28-23-20(26(34)35)15-29-32(23)24)25(33)31-12-10-18(11-13-31)17-6-3-2-4-7-17/h2-9,14-15,18,30H,10-13H2,1H3,(H,34,35). The maximum absolute atomic E-state index is 14.2. The molecule has 178 valence electrons. The van der Waals surface area contributed by atoms with Gasteiger partial charge in [0.1, 0.15) is 22.8 Å². The Labute approximate surface area is 201 Å². The quantitative estimate of drug-likeness (QED) is 0.438. The maximum atomic E-state index is 14.2. The molecule has 1 amide bonds. The number of carboxylic acids is 1. The number of aromatic nitrogens is 3. The Bertz CT molecular complexity index is 1410. The maximum Gasteiger partial charge on any atom is 0.341 e. The van der Waals surface area contributed by atoms with Crippen molar-refractivity contribution in [1.82, 2.24) is 19.5 Å². The molecule has 8 nitrogen and oxygen atoms in total. The zero-order valence-corrected chi connectivity index (χ0v) is 19.1. The summed E-state index contributed by atoms with van der Waals surface area (Å²) in [6.07, 6.45) is 4.23. The fraction of sp³-hybridized carbons (Fsp3) is 0.231. The van der Waals surface area contributed by atoms with Gasteiger partial charge in [0.25, 0.3) is 5.91 Å². The van der Waals surface area contributed by atoms with E-state index in [0.29, 0.717) is 30.3 Å². The number of benzene rings is 2. The fourth-order valence-corrected chi connectivity index (χ4v) is 4.54. The highest BCUT2D eigenvalue weighted by molar-refractivity contribution is 6.01. The number of piperidine rings is 1. The third-order valence-corrected chi connectivity index (χ3v) is 6.56. The number of aromatic carboxylic acids is 1. The van der Waals surface area contributed by atoms with E-state index in [9.17, 15) is 19.1 Å². The molecule has 2 N–H and O–H groups in total. The smallest absolute Gasteiger partial charge is 0.341 e. The van der Waals surface area contributed by atoms with Crippen LogP contribution in [0.1, 0.15) is 50.6 Å². The SMILES string of the molecule is Cc1c(F)cccc1Nc1c(C(=O)N2CCC(c3ccccc3)CC2)cnc2c(C(=O)O)cnn12. The van der Waals surface area contributed by atoms with E-state index in [4.69, 9.17) is 0 Å². The van der Waals surface area contributed by atoms with Crippen molar-refractivity contribution in [3.8, 4) is 0 Å². The van der Waals surface area contributed by atoms with Crippen molar-refractivity contribution in [2.75, 3.05) is 18.4 Å². The van der Waals surface area contributed by atoms with Crippen LogP contribution < -0.4 is 5.32 Å². The molecule has 0 unspecified atom stereocenters. The van der Waals surface area contributed by atoms with Crippen LogP contribution in [0.25, 0.3) is 5.65 Å². The molecule has 0 radical (unpaired) electrons. The van der Waals surface area contributed by atoms with E-state index in [-0.39, 0.29) is 28.5 Å². The molecule has 9 heteroatoms. The second kappa shape index (κ2) is 9.17. The zero-order chi connectivity index (χ0) is 24.5. The largest absolute Gasteiger partial charge is 0.477 e. The number of carbonyl (C=O) groups excluding carboxylic acids is 1. The van der Waals surface area contributed by atoms with Gasteiger partial charge in [-0.3, -0.25) is 4.79 Å². The molecule has 0 saturated carbocycles. The van der Waals surface area contributed by atoms with Crippen molar-refractivity contribution in [3.05, 3.63) is 89.0 Å². The molecular weight excluding hydrogens is 449 g/mol. The van der Waals surface area contributed by atoms with Crippen LogP contribution in [-0.4, -0.2) is 49.6 Å². The van der Waals surface area contributed by atoms with E-state index in [1.807, 2.05) is 18.2 Å². The van der Waals surface area contributed by atoms with Crippen LogP contribution in [0.4, 0.5) is 15.9 Å². The average Bonchev–Trinajstić information content (AvgIpc) is 3.32. The molecule has 0 spiro atoms. The second-order valence-corrected chi connectivity index (χ2v) is 8.63. The summed E-state index contributed by atoms with van der Waals surface area (Å²) < 4.78 is 15.5. The number of carbonyl (C=O) groups is 2. The third kappa shape index (κ3) is 4.21. The van der Waals surface area contributed by atoms with Gasteiger partial charge in [-0.05, 0) is 43.4 Å². The molecule has 0 atom stereocenters. The molecule has 3 heterocycles. The van der Waals surface area contributed by atoms with Gasteiger partial charge in [0.15, 0.2) is 5.65 Å². The number of nitrogens with zero attached hydrogens (tertiary/aromatic N) is 4. The third-order valence-electron chi connectivity index (χ3n) is 6.56. The lowest BCUT2D eigenvalue weighted by molar-refractivity contribution is 0.0695. The van der Waals surface area contributed by atoms with Crippen LogP contribution in [-0.2, 0) is 0 Å². The minimum atomic E-state index is -1.18. The summed E-state index contributed by atoms with van der Waals surface area (Å²) in [5.74, 6) is -1.19. The Morgan fingerprint density at radius 1 is 1.03 bits per heavy atom. The predicted molar refractivity (Wildman–Crippen MR) is 129 cm³/mol. The number of fused-ring (bicyclic) bond motifs is 1. The van der Waals surface area contributed by atoms with Crippen molar-refractivity contribution >= 4 is 29.0 Å². The Morgan fingerprint density at radius 2 is 1.77 bits per heavy atom. The Kier molecular flexibility index (Phi) is 5.90. The normalized spacial score (nSPS) is 14.3. The summed E-state index contributed by atoms with van der Waals surface area (Å²) in [5, 5.41) is 16.8. The number of carboxylic acid groups (broad SMARTS) is 1. The Hall–Kier alpha value is -4.27. The number of hydrogen-bond acceptors (Lipinski definition) is 5. The van der Waals surface area contributed by atoms with E-state index in [1.54, 1.807) is 24.0 Å². The van der Waals surface area contributed by atoms with Gasteiger partial charge in [0.05, 0.1) is 6.20 Å². The van der Waals surface area contributed by atoms with Crippen LogP contribution >= 0.6 is 0 Å². The highest BCUT2D eigenvalue weighted by Crippen LogP contribution is 2.31. The number of nitrogens with one attached hydrogen (secondary N) is 1. The van der Waals surface area contributed by atoms with Crippen LogP contribution in [0.3, 0.4) is 0 Å². The molecule has 1 aliphatic heterocycles. The van der Waals surface area contributed by atoms with Gasteiger partial charge in [-0.15, -0.1) is 0 Å². The van der Waals surface area contributed by atoms with Crippen LogP contribution in [0.2, 0.25) is 0 Å². The zero-order valence-electron chi connectivity index (χ0n) is 19.1. The lowest BCUT2D eigenvalue weighted by Gasteiger charge is -2.32. The van der Waals surface area contributed by atoms with E-state index < -0.39 is 11.8 Å². The number of hydrogen-bond donors (Lipinski definition) is 2. The molecular formula is C26H24FN5O3. The average molecular weight is 474 g/mol. The topological polar surface area (TPSA) is 99.8 Å². The minimum absolute atomic E-state index is 0.0910. The van der Waals surface area contributed by atoms with Gasteiger partial charge in [0.2, 0.25) is 0 Å². The molecule has 0 aliphatic carbocycles. The highest BCUT2D eigenvalue weighted by Gasteiger charge is 2.28. The lowest BCUT2D eigenvalue weighted by Crippen LogP contribution is -2.38.